The van der Waals surface area contributed by atoms with Crippen LogP contribution in [0.5, 0.6) is 5.75 Å². The van der Waals surface area contributed by atoms with Crippen molar-refractivity contribution in [2.24, 2.45) is 0 Å². The quantitative estimate of drug-likeness (QED) is 0.612. The van der Waals surface area contributed by atoms with Crippen LogP contribution in [-0.2, 0) is 11.4 Å². The van der Waals surface area contributed by atoms with E-state index in [1.165, 1.54) is 0 Å². The summed E-state index contributed by atoms with van der Waals surface area (Å²) < 4.78 is 7.65. The summed E-state index contributed by atoms with van der Waals surface area (Å²) in [5.41, 5.74) is 1.39. The number of aliphatic hydroxyl groups is 1. The van der Waals surface area contributed by atoms with Crippen LogP contribution in [0.4, 0.5) is 4.79 Å². The monoisotopic (exact) mass is 470 g/mol. The van der Waals surface area contributed by atoms with Gasteiger partial charge in [0.2, 0.25) is 0 Å². The molecule has 2 atom stereocenters. The molecule has 10 heteroatoms. The van der Waals surface area contributed by atoms with Gasteiger partial charge in [-0.25, -0.2) is 9.48 Å². The van der Waals surface area contributed by atoms with Crippen molar-refractivity contribution in [3.63, 3.8) is 0 Å². The molecule has 2 aromatic rings. The molecule has 0 spiro atoms. The number of urea groups is 1. The first-order chi connectivity index (χ1) is 16.6. The number of carbonyl (C=O) groups excluding carboxylic acids is 2. The Balaban J connectivity index is 1.38. The lowest BCUT2D eigenvalue weighted by Crippen LogP contribution is -2.47. The second-order valence-corrected chi connectivity index (χ2v) is 8.91. The second-order valence-electron chi connectivity index (χ2n) is 8.91. The number of rotatable bonds is 8. The molecule has 0 saturated carbocycles. The number of piperidine rings is 1. The smallest absolute Gasteiger partial charge is 0.317 e. The van der Waals surface area contributed by atoms with Gasteiger partial charge in [-0.05, 0) is 38.2 Å². The van der Waals surface area contributed by atoms with Gasteiger partial charge in [-0.3, -0.25) is 4.79 Å². The van der Waals surface area contributed by atoms with E-state index in [4.69, 9.17) is 4.74 Å². The highest BCUT2D eigenvalue weighted by Gasteiger charge is 2.28. The van der Waals surface area contributed by atoms with E-state index >= 15 is 0 Å². The van der Waals surface area contributed by atoms with Crippen LogP contribution >= 0.6 is 0 Å². The van der Waals surface area contributed by atoms with Crippen molar-refractivity contribution in [2.45, 2.75) is 57.7 Å². The molecule has 0 radical (unpaired) electrons. The minimum Gasteiger partial charge on any atom is -0.483 e. The molecule has 3 amide bonds. The van der Waals surface area contributed by atoms with Gasteiger partial charge in [0.25, 0.3) is 5.91 Å². The highest BCUT2D eigenvalue weighted by molar-refractivity contribution is 5.78. The molecule has 0 bridgehead atoms. The SMILES string of the molecule is CCC(NC(=O)N1CCCC(n2cc(CO)nn2)C1)c1ccccc1OCC(=O)N1CCCC1. The third kappa shape index (κ3) is 5.67. The molecule has 1 aromatic heterocycles. The number of carbonyl (C=O) groups is 2. The second kappa shape index (κ2) is 11.3. The van der Waals surface area contributed by atoms with Crippen LogP contribution in [0.3, 0.4) is 0 Å². The fourth-order valence-corrected chi connectivity index (χ4v) is 4.66. The van der Waals surface area contributed by atoms with Gasteiger partial charge in [-0.15, -0.1) is 5.10 Å². The van der Waals surface area contributed by atoms with Gasteiger partial charge in [0.15, 0.2) is 6.61 Å². The van der Waals surface area contributed by atoms with Gasteiger partial charge in [-0.1, -0.05) is 30.3 Å². The lowest BCUT2D eigenvalue weighted by molar-refractivity contribution is -0.132. The summed E-state index contributed by atoms with van der Waals surface area (Å²) in [4.78, 5) is 29.2. The van der Waals surface area contributed by atoms with Crippen molar-refractivity contribution in [3.8, 4) is 5.75 Å². The van der Waals surface area contributed by atoms with Gasteiger partial charge in [0, 0.05) is 31.7 Å². The van der Waals surface area contributed by atoms with E-state index in [1.807, 2.05) is 36.1 Å². The van der Waals surface area contributed by atoms with E-state index in [2.05, 4.69) is 15.6 Å². The molecule has 0 aliphatic carbocycles. The summed E-state index contributed by atoms with van der Waals surface area (Å²) in [5, 5.41) is 20.5. The minimum atomic E-state index is -0.238. The zero-order valence-electron chi connectivity index (χ0n) is 19.7. The molecular formula is C24H34N6O4. The van der Waals surface area contributed by atoms with Gasteiger partial charge in [0.1, 0.15) is 11.4 Å². The third-order valence-electron chi connectivity index (χ3n) is 6.59. The standard InChI is InChI=1S/C24H34N6O4/c1-2-21(20-9-3-4-10-22(20)34-17-23(32)28-11-5-6-12-28)25-24(33)29-13-7-8-19(15-29)30-14-18(16-31)26-27-30/h3-4,9-10,14,19,21,31H,2,5-8,11-13,15-17H2,1H3,(H,25,33). The van der Waals surface area contributed by atoms with Crippen LogP contribution in [0.15, 0.2) is 30.5 Å². The average molecular weight is 471 g/mol. The van der Waals surface area contributed by atoms with Crippen LogP contribution < -0.4 is 10.1 Å². The van der Waals surface area contributed by atoms with E-state index in [1.54, 1.807) is 15.8 Å². The summed E-state index contributed by atoms with van der Waals surface area (Å²) in [5.74, 6) is 0.624. The van der Waals surface area contributed by atoms with Gasteiger partial charge < -0.3 is 25.0 Å². The van der Waals surface area contributed by atoms with E-state index in [-0.39, 0.29) is 37.2 Å². The van der Waals surface area contributed by atoms with Gasteiger partial charge in [-0.2, -0.15) is 0 Å². The van der Waals surface area contributed by atoms with Crippen LogP contribution in [0.25, 0.3) is 0 Å². The van der Waals surface area contributed by atoms with Crippen LogP contribution in [-0.4, -0.2) is 74.6 Å². The first-order valence-electron chi connectivity index (χ1n) is 12.2. The van der Waals surface area contributed by atoms with Crippen LogP contribution in [0.2, 0.25) is 0 Å². The number of aromatic nitrogens is 3. The topological polar surface area (TPSA) is 113 Å². The normalized spacial score (nSPS) is 19.2. The molecule has 4 rings (SSSR count). The number of hydrogen-bond donors (Lipinski definition) is 2. The zero-order valence-corrected chi connectivity index (χ0v) is 19.7. The number of nitrogens with zero attached hydrogens (tertiary/aromatic N) is 5. The number of para-hydroxylation sites is 1. The molecule has 2 aliphatic heterocycles. The highest BCUT2D eigenvalue weighted by atomic mass is 16.5. The third-order valence-corrected chi connectivity index (χ3v) is 6.59. The molecule has 2 fully saturated rings. The largest absolute Gasteiger partial charge is 0.483 e. The molecule has 3 heterocycles. The maximum Gasteiger partial charge on any atom is 0.317 e. The van der Waals surface area contributed by atoms with Crippen molar-refractivity contribution in [1.29, 1.82) is 0 Å². The van der Waals surface area contributed by atoms with Gasteiger partial charge in [0.05, 0.1) is 24.9 Å². The molecule has 2 N–H and O–H groups in total. The molecule has 2 unspecified atom stereocenters. The zero-order chi connectivity index (χ0) is 23.9. The Hall–Kier alpha value is -3.14. The molecule has 34 heavy (non-hydrogen) atoms. The van der Waals surface area contributed by atoms with Gasteiger partial charge >= 0.3 is 6.03 Å². The summed E-state index contributed by atoms with van der Waals surface area (Å²) in [7, 11) is 0. The number of benzene rings is 1. The summed E-state index contributed by atoms with van der Waals surface area (Å²) in [6.45, 7) is 4.65. The van der Waals surface area contributed by atoms with Crippen LogP contribution in [0, 0.1) is 0 Å². The molecule has 2 saturated heterocycles. The number of amides is 3. The van der Waals surface area contributed by atoms with Crippen molar-refractivity contribution < 1.29 is 19.4 Å². The Morgan fingerprint density at radius 2 is 1.94 bits per heavy atom. The van der Waals surface area contributed by atoms with Crippen molar-refractivity contribution >= 4 is 11.9 Å². The number of hydrogen-bond acceptors (Lipinski definition) is 6. The molecule has 1 aromatic carbocycles. The number of ether oxygens (including phenoxy) is 1. The van der Waals surface area contributed by atoms with Crippen LogP contribution in [0.1, 0.15) is 62.4 Å². The predicted molar refractivity (Wildman–Crippen MR) is 125 cm³/mol. The average Bonchev–Trinajstić information content (AvgIpc) is 3.59. The van der Waals surface area contributed by atoms with Crippen molar-refractivity contribution in [1.82, 2.24) is 30.1 Å². The fraction of sp³-hybridized carbons (Fsp3) is 0.583. The summed E-state index contributed by atoms with van der Waals surface area (Å²) in [6, 6.07) is 7.23. The summed E-state index contributed by atoms with van der Waals surface area (Å²) in [6.07, 6.45) is 6.27. The Morgan fingerprint density at radius 3 is 2.68 bits per heavy atom. The predicted octanol–water partition coefficient (Wildman–Crippen LogP) is 2.27. The molecule has 184 valence electrons. The van der Waals surface area contributed by atoms with E-state index < -0.39 is 0 Å². The lowest BCUT2D eigenvalue weighted by atomic mass is 10.0. The Bertz CT molecular complexity index is 974. The summed E-state index contributed by atoms with van der Waals surface area (Å²) >= 11 is 0. The Kier molecular flexibility index (Phi) is 7.99. The molecular weight excluding hydrogens is 436 g/mol. The Morgan fingerprint density at radius 1 is 1.18 bits per heavy atom. The number of likely N-dealkylation sites (tertiary alicyclic amines) is 2. The van der Waals surface area contributed by atoms with E-state index in [0.29, 0.717) is 31.0 Å². The van der Waals surface area contributed by atoms with E-state index in [9.17, 15) is 14.7 Å². The first-order valence-corrected chi connectivity index (χ1v) is 12.2. The number of aliphatic hydroxyl groups excluding tert-OH is 1. The molecule has 2 aliphatic rings. The highest BCUT2D eigenvalue weighted by Crippen LogP contribution is 2.28. The van der Waals surface area contributed by atoms with Crippen molar-refractivity contribution in [2.75, 3.05) is 32.8 Å². The maximum absolute atomic E-state index is 13.2. The number of nitrogens with one attached hydrogen (secondary N) is 1. The first kappa shape index (κ1) is 24.0. The minimum absolute atomic E-state index is 0.00112. The van der Waals surface area contributed by atoms with Crippen molar-refractivity contribution in [3.05, 3.63) is 41.7 Å². The fourth-order valence-electron chi connectivity index (χ4n) is 4.66. The van der Waals surface area contributed by atoms with E-state index in [0.717, 1.165) is 44.3 Å². The lowest BCUT2D eigenvalue weighted by Gasteiger charge is -2.34. The molecule has 10 nitrogen and oxygen atoms in total. The Labute approximate surface area is 199 Å². The maximum atomic E-state index is 13.2.